The van der Waals surface area contributed by atoms with Gasteiger partial charge in [-0.1, -0.05) is 42.5 Å². The van der Waals surface area contributed by atoms with Crippen molar-refractivity contribution in [2.75, 3.05) is 40.3 Å². The molecule has 4 aromatic rings. The van der Waals surface area contributed by atoms with Crippen LogP contribution >= 0.6 is 12.4 Å². The highest BCUT2D eigenvalue weighted by molar-refractivity contribution is 6.22. The molecule has 0 aliphatic carbocycles. The number of nitrogens with one attached hydrogen (secondary N) is 1. The van der Waals surface area contributed by atoms with E-state index in [4.69, 9.17) is 0 Å². The molecular formula is C32H32ClN5O4. The van der Waals surface area contributed by atoms with Crippen LogP contribution in [0.25, 0.3) is 10.9 Å². The fraction of sp³-hybridized carbons (Fsp3) is 0.219. The lowest BCUT2D eigenvalue weighted by atomic mass is 10.1. The van der Waals surface area contributed by atoms with Gasteiger partial charge in [-0.25, -0.2) is 0 Å². The van der Waals surface area contributed by atoms with Gasteiger partial charge in [0.25, 0.3) is 23.6 Å². The van der Waals surface area contributed by atoms with Crippen molar-refractivity contribution in [1.29, 1.82) is 0 Å². The van der Waals surface area contributed by atoms with Gasteiger partial charge in [-0.3, -0.25) is 34.0 Å². The van der Waals surface area contributed by atoms with Crippen LogP contribution in [0, 0.1) is 0 Å². The third-order valence-electron chi connectivity index (χ3n) is 7.23. The highest BCUT2D eigenvalue weighted by Crippen LogP contribution is 2.23. The Morgan fingerprint density at radius 3 is 1.69 bits per heavy atom. The SMILES string of the molecule is CN(CCN1C(=O)c2ccccc2C1=O)Cc1ccnc2ccccc12.CNCCN1C(=O)c2ccccc2C1=O.Cl. The number of pyridine rings is 1. The standard InChI is InChI=1S/C21H19N3O2.C11H12N2O2.ClH/c1-23(14-15-10-11-22-19-9-5-4-6-16(15)19)12-13-24-20(25)17-7-2-3-8-18(17)21(24)26;1-12-6-7-13-10(14)8-4-2-3-5-9(8)11(13)15;/h2-11H,12-14H2,1H3;2-5,12H,6-7H2,1H3;1H. The molecule has 0 saturated heterocycles. The molecule has 3 aromatic carbocycles. The summed E-state index contributed by atoms with van der Waals surface area (Å²) in [6, 6.07) is 24.0. The molecular weight excluding hydrogens is 554 g/mol. The number of hydrogen-bond donors (Lipinski definition) is 1. The summed E-state index contributed by atoms with van der Waals surface area (Å²) in [5.41, 5.74) is 4.18. The second kappa shape index (κ2) is 13.5. The molecule has 3 heterocycles. The predicted octanol–water partition coefficient (Wildman–Crippen LogP) is 3.89. The monoisotopic (exact) mass is 585 g/mol. The zero-order valence-electron chi connectivity index (χ0n) is 23.4. The Kier molecular flexibility index (Phi) is 9.80. The summed E-state index contributed by atoms with van der Waals surface area (Å²) in [5.74, 6) is -0.779. The first kappa shape index (κ1) is 30.5. The number of para-hydroxylation sites is 1. The van der Waals surface area contributed by atoms with Gasteiger partial charge in [0.1, 0.15) is 0 Å². The van der Waals surface area contributed by atoms with Gasteiger partial charge in [0, 0.05) is 44.3 Å². The van der Waals surface area contributed by atoms with E-state index in [-0.39, 0.29) is 36.0 Å². The number of benzene rings is 3. The number of rotatable bonds is 8. The fourth-order valence-corrected chi connectivity index (χ4v) is 5.04. The van der Waals surface area contributed by atoms with Crippen LogP contribution in [0.2, 0.25) is 0 Å². The number of halogens is 1. The maximum Gasteiger partial charge on any atom is 0.261 e. The number of imide groups is 2. The molecule has 216 valence electrons. The molecule has 0 atom stereocenters. The summed E-state index contributed by atoms with van der Waals surface area (Å²) in [5, 5.41) is 4.04. The maximum atomic E-state index is 12.4. The number of aromatic nitrogens is 1. The third kappa shape index (κ3) is 6.08. The largest absolute Gasteiger partial charge is 0.318 e. The zero-order valence-corrected chi connectivity index (χ0v) is 24.3. The molecule has 0 fully saturated rings. The minimum absolute atomic E-state index is 0. The Morgan fingerprint density at radius 1 is 0.690 bits per heavy atom. The van der Waals surface area contributed by atoms with Crippen LogP contribution < -0.4 is 5.32 Å². The van der Waals surface area contributed by atoms with Crippen LogP contribution in [0.15, 0.2) is 85.1 Å². The average Bonchev–Trinajstić information content (AvgIpc) is 3.39. The Morgan fingerprint density at radius 2 is 1.17 bits per heavy atom. The van der Waals surface area contributed by atoms with E-state index in [9.17, 15) is 19.2 Å². The highest BCUT2D eigenvalue weighted by atomic mass is 35.5. The van der Waals surface area contributed by atoms with E-state index in [0.717, 1.165) is 17.4 Å². The lowest BCUT2D eigenvalue weighted by Crippen LogP contribution is -2.36. The van der Waals surface area contributed by atoms with E-state index < -0.39 is 0 Å². The molecule has 0 spiro atoms. The first-order valence-electron chi connectivity index (χ1n) is 13.5. The third-order valence-corrected chi connectivity index (χ3v) is 7.23. The Labute approximate surface area is 250 Å². The summed E-state index contributed by atoms with van der Waals surface area (Å²) < 4.78 is 0. The molecule has 1 aromatic heterocycles. The second-order valence-corrected chi connectivity index (χ2v) is 9.94. The van der Waals surface area contributed by atoms with Crippen molar-refractivity contribution in [3.63, 3.8) is 0 Å². The van der Waals surface area contributed by atoms with Gasteiger partial charge in [0.05, 0.1) is 27.8 Å². The topological polar surface area (TPSA) is 103 Å². The molecule has 9 nitrogen and oxygen atoms in total. The van der Waals surface area contributed by atoms with Gasteiger partial charge >= 0.3 is 0 Å². The summed E-state index contributed by atoms with van der Waals surface area (Å²) in [6.07, 6.45) is 1.82. The fourth-order valence-electron chi connectivity index (χ4n) is 5.04. The summed E-state index contributed by atoms with van der Waals surface area (Å²) in [7, 11) is 3.78. The van der Waals surface area contributed by atoms with E-state index in [1.807, 2.05) is 37.5 Å². The number of fused-ring (bicyclic) bond motifs is 3. The molecule has 2 aliphatic heterocycles. The van der Waals surface area contributed by atoms with Gasteiger partial charge in [0.15, 0.2) is 0 Å². The maximum absolute atomic E-state index is 12.4. The van der Waals surface area contributed by atoms with Crippen LogP contribution in [0.3, 0.4) is 0 Å². The van der Waals surface area contributed by atoms with Crippen molar-refractivity contribution in [2.24, 2.45) is 0 Å². The second-order valence-electron chi connectivity index (χ2n) is 9.94. The van der Waals surface area contributed by atoms with Crippen molar-refractivity contribution in [3.05, 3.63) is 113 Å². The molecule has 42 heavy (non-hydrogen) atoms. The smallest absolute Gasteiger partial charge is 0.261 e. The van der Waals surface area contributed by atoms with Crippen molar-refractivity contribution >= 4 is 46.9 Å². The van der Waals surface area contributed by atoms with Crippen LogP contribution in [-0.4, -0.2) is 83.6 Å². The van der Waals surface area contributed by atoms with E-state index >= 15 is 0 Å². The molecule has 0 unspecified atom stereocenters. The van der Waals surface area contributed by atoms with Crippen molar-refractivity contribution in [3.8, 4) is 0 Å². The predicted molar refractivity (Wildman–Crippen MR) is 163 cm³/mol. The van der Waals surface area contributed by atoms with Crippen LogP contribution in [0.4, 0.5) is 0 Å². The van der Waals surface area contributed by atoms with Gasteiger partial charge < -0.3 is 10.2 Å². The number of carbonyl (C=O) groups excluding carboxylic acids is 4. The lowest BCUT2D eigenvalue weighted by Gasteiger charge is -2.21. The van der Waals surface area contributed by atoms with Crippen molar-refractivity contribution in [1.82, 2.24) is 25.0 Å². The molecule has 0 radical (unpaired) electrons. The highest BCUT2D eigenvalue weighted by Gasteiger charge is 2.35. The number of nitrogens with zero attached hydrogens (tertiary/aromatic N) is 4. The van der Waals surface area contributed by atoms with Gasteiger partial charge in [-0.05, 0) is 56.1 Å². The van der Waals surface area contributed by atoms with Crippen LogP contribution in [0.5, 0.6) is 0 Å². The van der Waals surface area contributed by atoms with Crippen LogP contribution in [-0.2, 0) is 6.54 Å². The molecule has 4 amide bonds. The van der Waals surface area contributed by atoms with Gasteiger partial charge in [0.2, 0.25) is 0 Å². The van der Waals surface area contributed by atoms with Gasteiger partial charge in [-0.15, -0.1) is 12.4 Å². The zero-order chi connectivity index (χ0) is 28.9. The molecule has 2 aliphatic rings. The molecule has 6 rings (SSSR count). The van der Waals surface area contributed by atoms with Crippen molar-refractivity contribution < 1.29 is 19.2 Å². The average molecular weight is 586 g/mol. The summed E-state index contributed by atoms with van der Waals surface area (Å²) in [6.45, 7) is 2.76. The van der Waals surface area contributed by atoms with E-state index in [1.54, 1.807) is 55.6 Å². The normalized spacial score (nSPS) is 13.7. The van der Waals surface area contributed by atoms with Gasteiger partial charge in [-0.2, -0.15) is 0 Å². The summed E-state index contributed by atoms with van der Waals surface area (Å²) in [4.78, 5) is 57.6. The minimum Gasteiger partial charge on any atom is -0.318 e. The first-order chi connectivity index (χ1) is 19.9. The molecule has 0 saturated carbocycles. The molecule has 1 N–H and O–H groups in total. The Hall–Kier alpha value is -4.44. The van der Waals surface area contributed by atoms with E-state index in [0.29, 0.717) is 48.4 Å². The quantitative estimate of drug-likeness (QED) is 0.313. The van der Waals surface area contributed by atoms with Crippen LogP contribution in [0.1, 0.15) is 47.0 Å². The molecule has 0 bridgehead atoms. The number of hydrogen-bond acceptors (Lipinski definition) is 7. The Balaban J connectivity index is 0.000000216. The van der Waals surface area contributed by atoms with Crippen molar-refractivity contribution in [2.45, 2.75) is 6.54 Å². The first-order valence-corrected chi connectivity index (χ1v) is 13.5. The summed E-state index contributed by atoms with van der Waals surface area (Å²) >= 11 is 0. The minimum atomic E-state index is -0.201. The Bertz CT molecular complexity index is 1570. The number of amides is 4. The van der Waals surface area contributed by atoms with E-state index in [2.05, 4.69) is 21.3 Å². The van der Waals surface area contributed by atoms with E-state index in [1.165, 1.54) is 15.4 Å². The number of likely N-dealkylation sites (N-methyl/N-ethyl adjacent to an activating group) is 2. The molecule has 10 heteroatoms. The lowest BCUT2D eigenvalue weighted by molar-refractivity contribution is 0.0631. The number of carbonyl (C=O) groups is 4.